The van der Waals surface area contributed by atoms with E-state index in [4.69, 9.17) is 5.26 Å². The van der Waals surface area contributed by atoms with E-state index in [9.17, 15) is 8.78 Å². The third kappa shape index (κ3) is 3.11. The van der Waals surface area contributed by atoms with E-state index in [-0.39, 0.29) is 6.54 Å². The third-order valence-electron chi connectivity index (χ3n) is 1.78. The molecule has 0 aliphatic carbocycles. The molecule has 0 aromatic heterocycles. The molecule has 0 fully saturated rings. The Kier molecular flexibility index (Phi) is 4.02. The van der Waals surface area contributed by atoms with Crippen molar-refractivity contribution in [3.05, 3.63) is 35.4 Å². The van der Waals surface area contributed by atoms with Gasteiger partial charge in [0.25, 0.3) is 0 Å². The van der Waals surface area contributed by atoms with E-state index < -0.39 is 11.6 Å². The fourth-order valence-electron chi connectivity index (χ4n) is 1.10. The zero-order chi connectivity index (χ0) is 10.4. The molecule has 0 atom stereocenters. The minimum atomic E-state index is -0.443. The summed E-state index contributed by atoms with van der Waals surface area (Å²) in [5.41, 5.74) is 0.329. The highest BCUT2D eigenvalue weighted by atomic mass is 19.1. The molecule has 1 aromatic carbocycles. The van der Waals surface area contributed by atoms with E-state index in [0.717, 1.165) is 12.1 Å². The van der Waals surface area contributed by atoms with E-state index in [0.29, 0.717) is 18.5 Å². The van der Waals surface area contributed by atoms with Crippen molar-refractivity contribution in [1.82, 2.24) is 5.32 Å². The molecular formula is C10H10F2N2. The van der Waals surface area contributed by atoms with Crippen molar-refractivity contribution in [3.63, 3.8) is 0 Å². The number of nitrogens with zero attached hydrogens (tertiary/aromatic N) is 1. The van der Waals surface area contributed by atoms with Crippen LogP contribution in [0.25, 0.3) is 0 Å². The van der Waals surface area contributed by atoms with Crippen LogP contribution in [0.5, 0.6) is 0 Å². The fraction of sp³-hybridized carbons (Fsp3) is 0.300. The molecule has 0 amide bonds. The monoisotopic (exact) mass is 196 g/mol. The van der Waals surface area contributed by atoms with Gasteiger partial charge in [0.05, 0.1) is 12.6 Å². The van der Waals surface area contributed by atoms with Crippen LogP contribution in [0.15, 0.2) is 18.2 Å². The lowest BCUT2D eigenvalue weighted by Crippen LogP contribution is -2.17. The maximum atomic E-state index is 13.0. The normalized spacial score (nSPS) is 9.79. The summed E-state index contributed by atoms with van der Waals surface area (Å²) in [7, 11) is 0. The first-order valence-electron chi connectivity index (χ1n) is 4.25. The van der Waals surface area contributed by atoms with Gasteiger partial charge in [-0.1, -0.05) is 0 Å². The van der Waals surface area contributed by atoms with Gasteiger partial charge < -0.3 is 5.32 Å². The summed E-state index contributed by atoms with van der Waals surface area (Å²) >= 11 is 0. The van der Waals surface area contributed by atoms with E-state index in [2.05, 4.69) is 5.32 Å². The second-order valence-corrected chi connectivity index (χ2v) is 2.82. The lowest BCUT2D eigenvalue weighted by molar-refractivity contribution is 0.580. The van der Waals surface area contributed by atoms with Crippen LogP contribution < -0.4 is 5.32 Å². The molecule has 0 saturated heterocycles. The number of benzene rings is 1. The minimum Gasteiger partial charge on any atom is -0.304 e. The van der Waals surface area contributed by atoms with Gasteiger partial charge >= 0.3 is 0 Å². The van der Waals surface area contributed by atoms with Crippen molar-refractivity contribution in [2.24, 2.45) is 0 Å². The summed E-state index contributed by atoms with van der Waals surface area (Å²) in [6, 6.07) is 5.26. The summed E-state index contributed by atoms with van der Waals surface area (Å²) in [6.45, 7) is 0.685. The largest absolute Gasteiger partial charge is 0.304 e. The van der Waals surface area contributed by atoms with Crippen molar-refractivity contribution in [2.45, 2.75) is 6.42 Å². The summed E-state index contributed by atoms with van der Waals surface area (Å²) in [5, 5.41) is 11.0. The highest BCUT2D eigenvalue weighted by molar-refractivity contribution is 5.18. The first-order valence-corrected chi connectivity index (χ1v) is 4.25. The molecule has 0 saturated carbocycles. The Morgan fingerprint density at radius 3 is 2.86 bits per heavy atom. The van der Waals surface area contributed by atoms with Crippen LogP contribution >= 0.6 is 0 Å². The molecule has 1 aromatic rings. The quantitative estimate of drug-likeness (QED) is 0.586. The molecule has 74 valence electrons. The molecule has 4 heteroatoms. The molecule has 0 bridgehead atoms. The van der Waals surface area contributed by atoms with Gasteiger partial charge in [0, 0.05) is 6.54 Å². The van der Waals surface area contributed by atoms with E-state index >= 15 is 0 Å². The van der Waals surface area contributed by atoms with Gasteiger partial charge in [-0.3, -0.25) is 0 Å². The molecule has 0 spiro atoms. The second-order valence-electron chi connectivity index (χ2n) is 2.82. The Labute approximate surface area is 81.2 Å². The molecular weight excluding hydrogens is 186 g/mol. The Bertz CT molecular complexity index is 344. The van der Waals surface area contributed by atoms with Crippen LogP contribution in [0.4, 0.5) is 8.78 Å². The highest BCUT2D eigenvalue weighted by Crippen LogP contribution is 2.09. The molecule has 0 radical (unpaired) electrons. The van der Waals surface area contributed by atoms with E-state index in [1.165, 1.54) is 6.07 Å². The average Bonchev–Trinajstić information content (AvgIpc) is 2.18. The predicted octanol–water partition coefficient (Wildman–Crippen LogP) is 1.62. The van der Waals surface area contributed by atoms with Crippen LogP contribution in [0.1, 0.15) is 5.56 Å². The number of nitriles is 1. The maximum absolute atomic E-state index is 13.0. The van der Waals surface area contributed by atoms with E-state index in [1.807, 2.05) is 6.07 Å². The number of nitrogens with one attached hydrogen (secondary N) is 1. The fourth-order valence-corrected chi connectivity index (χ4v) is 1.10. The molecule has 0 heterocycles. The number of hydrogen-bond donors (Lipinski definition) is 1. The van der Waals surface area contributed by atoms with Gasteiger partial charge in [0.15, 0.2) is 0 Å². The standard InChI is InChI=1S/C10H10F2N2/c11-9-1-2-10(12)8(7-9)3-5-14-6-4-13/h1-2,7,14H,3,5-6H2. The topological polar surface area (TPSA) is 35.8 Å². The van der Waals surface area contributed by atoms with Crippen molar-refractivity contribution in [1.29, 1.82) is 5.26 Å². The Morgan fingerprint density at radius 2 is 2.14 bits per heavy atom. The number of halogens is 2. The van der Waals surface area contributed by atoms with Crippen LogP contribution in [-0.4, -0.2) is 13.1 Å². The third-order valence-corrected chi connectivity index (χ3v) is 1.78. The summed E-state index contributed by atoms with van der Waals surface area (Å²) in [5.74, 6) is -0.855. The van der Waals surface area contributed by atoms with Crippen LogP contribution in [0.3, 0.4) is 0 Å². The van der Waals surface area contributed by atoms with Gasteiger partial charge in [-0.25, -0.2) is 8.78 Å². The maximum Gasteiger partial charge on any atom is 0.126 e. The first-order chi connectivity index (χ1) is 6.74. The van der Waals surface area contributed by atoms with Crippen molar-refractivity contribution in [3.8, 4) is 6.07 Å². The molecule has 14 heavy (non-hydrogen) atoms. The van der Waals surface area contributed by atoms with Gasteiger partial charge in [-0.15, -0.1) is 0 Å². The summed E-state index contributed by atoms with van der Waals surface area (Å²) in [6.07, 6.45) is 0.380. The lowest BCUT2D eigenvalue weighted by Gasteiger charge is -2.02. The first kappa shape index (κ1) is 10.6. The molecule has 1 N–H and O–H groups in total. The van der Waals surface area contributed by atoms with Crippen molar-refractivity contribution in [2.75, 3.05) is 13.1 Å². The van der Waals surface area contributed by atoms with Gasteiger partial charge in [0.2, 0.25) is 0 Å². The Morgan fingerprint density at radius 1 is 1.36 bits per heavy atom. The molecule has 0 aliphatic heterocycles. The zero-order valence-corrected chi connectivity index (χ0v) is 7.56. The molecule has 1 rings (SSSR count). The second kappa shape index (κ2) is 5.30. The molecule has 2 nitrogen and oxygen atoms in total. The Balaban J connectivity index is 2.50. The highest BCUT2D eigenvalue weighted by Gasteiger charge is 2.02. The van der Waals surface area contributed by atoms with Gasteiger partial charge in [0.1, 0.15) is 11.6 Å². The van der Waals surface area contributed by atoms with Crippen molar-refractivity contribution >= 4 is 0 Å². The smallest absolute Gasteiger partial charge is 0.126 e. The predicted molar refractivity (Wildman–Crippen MR) is 48.5 cm³/mol. The zero-order valence-electron chi connectivity index (χ0n) is 7.56. The SMILES string of the molecule is N#CCNCCc1cc(F)ccc1F. The Hall–Kier alpha value is -1.47. The minimum absolute atomic E-state index is 0.219. The van der Waals surface area contributed by atoms with Gasteiger partial charge in [-0.05, 0) is 30.2 Å². The van der Waals surface area contributed by atoms with Gasteiger partial charge in [-0.2, -0.15) is 5.26 Å². The lowest BCUT2D eigenvalue weighted by atomic mass is 10.1. The number of hydrogen-bond acceptors (Lipinski definition) is 2. The molecule has 0 aliphatic rings. The van der Waals surface area contributed by atoms with Crippen molar-refractivity contribution < 1.29 is 8.78 Å². The van der Waals surface area contributed by atoms with Crippen LogP contribution in [-0.2, 0) is 6.42 Å². The molecule has 0 unspecified atom stereocenters. The number of rotatable bonds is 4. The summed E-state index contributed by atoms with van der Waals surface area (Å²) < 4.78 is 25.7. The average molecular weight is 196 g/mol. The van der Waals surface area contributed by atoms with Crippen LogP contribution in [0, 0.1) is 23.0 Å². The van der Waals surface area contributed by atoms with E-state index in [1.54, 1.807) is 0 Å². The summed E-state index contributed by atoms with van der Waals surface area (Å²) in [4.78, 5) is 0. The van der Waals surface area contributed by atoms with Crippen LogP contribution in [0.2, 0.25) is 0 Å².